The zero-order chi connectivity index (χ0) is 13.2. The van der Waals surface area contributed by atoms with Crippen LogP contribution in [0.2, 0.25) is 0 Å². The molecule has 1 unspecified atom stereocenters. The maximum Gasteiger partial charge on any atom is 0.165 e. The second-order valence-corrected chi connectivity index (χ2v) is 4.91. The van der Waals surface area contributed by atoms with Gasteiger partial charge in [0.1, 0.15) is 0 Å². The van der Waals surface area contributed by atoms with Crippen molar-refractivity contribution in [2.45, 2.75) is 71.9 Å². The molecule has 1 atom stereocenters. The molecule has 0 saturated heterocycles. The van der Waals surface area contributed by atoms with E-state index in [2.05, 4.69) is 41.6 Å². The highest BCUT2D eigenvalue weighted by Crippen LogP contribution is 2.15. The molecule has 0 aliphatic carbocycles. The lowest BCUT2D eigenvalue weighted by Gasteiger charge is -2.13. The Morgan fingerprint density at radius 3 is 2.72 bits per heavy atom. The molecule has 0 radical (unpaired) electrons. The molecule has 18 heavy (non-hydrogen) atoms. The fourth-order valence-corrected chi connectivity index (χ4v) is 2.04. The van der Waals surface area contributed by atoms with Crippen LogP contribution < -0.4 is 5.32 Å². The predicted molar refractivity (Wildman–Crippen MR) is 73.3 cm³/mol. The van der Waals surface area contributed by atoms with Gasteiger partial charge < -0.3 is 5.32 Å². The van der Waals surface area contributed by atoms with Crippen LogP contribution in [0.15, 0.2) is 0 Å². The minimum atomic E-state index is 0.398. The lowest BCUT2D eigenvalue weighted by molar-refractivity contribution is 0.409. The molecule has 0 amide bonds. The van der Waals surface area contributed by atoms with Crippen LogP contribution in [0.4, 0.5) is 0 Å². The van der Waals surface area contributed by atoms with E-state index in [1.54, 1.807) is 0 Å². The second-order valence-electron chi connectivity index (χ2n) is 4.91. The Labute approximate surface area is 110 Å². The summed E-state index contributed by atoms with van der Waals surface area (Å²) in [7, 11) is 0. The topological polar surface area (TPSA) is 55.6 Å². The monoisotopic (exact) mass is 253 g/mol. The summed E-state index contributed by atoms with van der Waals surface area (Å²) < 4.78 is 1.97. The Balaban J connectivity index is 2.36. The van der Waals surface area contributed by atoms with Crippen LogP contribution in [-0.2, 0) is 6.54 Å². The van der Waals surface area contributed by atoms with Crippen molar-refractivity contribution in [1.82, 2.24) is 25.5 Å². The maximum atomic E-state index is 4.11. The van der Waals surface area contributed by atoms with Gasteiger partial charge in [0.15, 0.2) is 5.82 Å². The van der Waals surface area contributed by atoms with Crippen LogP contribution in [0.1, 0.15) is 71.2 Å². The fourth-order valence-electron chi connectivity index (χ4n) is 2.04. The average Bonchev–Trinajstić information content (AvgIpc) is 2.83. The molecule has 104 valence electrons. The summed E-state index contributed by atoms with van der Waals surface area (Å²) in [5, 5.41) is 15.3. The molecule has 0 aliphatic rings. The van der Waals surface area contributed by atoms with Crippen molar-refractivity contribution in [3.8, 4) is 0 Å². The fraction of sp³-hybridized carbons (Fsp3) is 0.923. The van der Waals surface area contributed by atoms with Crippen LogP contribution in [0, 0.1) is 0 Å². The first-order valence-corrected chi connectivity index (χ1v) is 7.27. The number of tetrazole rings is 1. The van der Waals surface area contributed by atoms with E-state index in [0.717, 1.165) is 31.8 Å². The highest BCUT2D eigenvalue weighted by Gasteiger charge is 2.11. The van der Waals surface area contributed by atoms with E-state index in [1.807, 2.05) is 4.68 Å². The summed E-state index contributed by atoms with van der Waals surface area (Å²) in [5.74, 6) is 0.950. The first-order chi connectivity index (χ1) is 8.79. The van der Waals surface area contributed by atoms with Gasteiger partial charge in [-0.3, -0.25) is 0 Å². The lowest BCUT2D eigenvalue weighted by Crippen LogP contribution is -2.20. The third-order valence-corrected chi connectivity index (χ3v) is 3.16. The molecule has 0 aliphatic heterocycles. The Bertz CT molecular complexity index is 310. The van der Waals surface area contributed by atoms with Crippen LogP contribution in [-0.4, -0.2) is 26.8 Å². The normalized spacial score (nSPS) is 12.8. The second kappa shape index (κ2) is 9.03. The Hall–Kier alpha value is -0.970. The summed E-state index contributed by atoms with van der Waals surface area (Å²) in [5.41, 5.74) is 0. The number of unbranched alkanes of at least 4 members (excludes halogenated alkanes) is 3. The number of hydrogen-bond donors (Lipinski definition) is 1. The van der Waals surface area contributed by atoms with Gasteiger partial charge >= 0.3 is 0 Å². The van der Waals surface area contributed by atoms with Crippen molar-refractivity contribution in [1.29, 1.82) is 0 Å². The number of hydrogen-bond acceptors (Lipinski definition) is 4. The summed E-state index contributed by atoms with van der Waals surface area (Å²) in [4.78, 5) is 0. The summed E-state index contributed by atoms with van der Waals surface area (Å²) in [6.07, 6.45) is 7.47. The predicted octanol–water partition coefficient (Wildman–Crippen LogP) is 2.70. The summed E-state index contributed by atoms with van der Waals surface area (Å²) >= 11 is 0. The van der Waals surface area contributed by atoms with Crippen LogP contribution in [0.25, 0.3) is 0 Å². The molecule has 0 spiro atoms. The van der Waals surface area contributed by atoms with Gasteiger partial charge in [0, 0.05) is 0 Å². The molecule has 1 rings (SSSR count). The molecule has 5 nitrogen and oxygen atoms in total. The summed E-state index contributed by atoms with van der Waals surface area (Å²) in [6, 6.07) is 0.398. The number of nitrogens with zero attached hydrogens (tertiary/aromatic N) is 4. The van der Waals surface area contributed by atoms with Crippen LogP contribution in [0.5, 0.6) is 0 Å². The van der Waals surface area contributed by atoms with Crippen LogP contribution >= 0.6 is 0 Å². The SMILES string of the molecule is CCCCCCC(C)n1nnnc1CNCCC. The van der Waals surface area contributed by atoms with E-state index < -0.39 is 0 Å². The molecule has 0 saturated carbocycles. The molecule has 1 heterocycles. The van der Waals surface area contributed by atoms with Gasteiger partial charge in [-0.1, -0.05) is 39.5 Å². The van der Waals surface area contributed by atoms with Crippen molar-refractivity contribution in [3.05, 3.63) is 5.82 Å². The molecule has 0 bridgehead atoms. The van der Waals surface area contributed by atoms with E-state index in [4.69, 9.17) is 0 Å². The van der Waals surface area contributed by atoms with Crippen molar-refractivity contribution < 1.29 is 0 Å². The zero-order valence-corrected chi connectivity index (χ0v) is 12.0. The smallest absolute Gasteiger partial charge is 0.165 e. The number of nitrogens with one attached hydrogen (secondary N) is 1. The molecule has 1 aromatic rings. The van der Waals surface area contributed by atoms with Crippen molar-refractivity contribution in [2.75, 3.05) is 6.54 Å². The third kappa shape index (κ3) is 5.12. The number of rotatable bonds is 10. The molecular weight excluding hydrogens is 226 g/mol. The van der Waals surface area contributed by atoms with Crippen molar-refractivity contribution in [3.63, 3.8) is 0 Å². The van der Waals surface area contributed by atoms with E-state index >= 15 is 0 Å². The van der Waals surface area contributed by atoms with E-state index in [-0.39, 0.29) is 0 Å². The van der Waals surface area contributed by atoms with Gasteiger partial charge in [0.2, 0.25) is 0 Å². The molecule has 1 aromatic heterocycles. The highest BCUT2D eigenvalue weighted by molar-refractivity contribution is 4.82. The van der Waals surface area contributed by atoms with E-state index in [0.29, 0.717) is 6.04 Å². The molecule has 1 N–H and O–H groups in total. The van der Waals surface area contributed by atoms with Crippen molar-refractivity contribution in [2.24, 2.45) is 0 Å². The lowest BCUT2D eigenvalue weighted by atomic mass is 10.1. The highest BCUT2D eigenvalue weighted by atomic mass is 15.6. The van der Waals surface area contributed by atoms with Crippen molar-refractivity contribution >= 4 is 0 Å². The Kier molecular flexibility index (Phi) is 7.57. The molecular formula is C13H27N5. The third-order valence-electron chi connectivity index (χ3n) is 3.16. The van der Waals surface area contributed by atoms with Gasteiger partial charge in [-0.05, 0) is 36.7 Å². The maximum absolute atomic E-state index is 4.11. The Morgan fingerprint density at radius 1 is 1.17 bits per heavy atom. The van der Waals surface area contributed by atoms with Gasteiger partial charge in [0.25, 0.3) is 0 Å². The Morgan fingerprint density at radius 2 is 2.00 bits per heavy atom. The molecule has 0 aromatic carbocycles. The van der Waals surface area contributed by atoms with Gasteiger partial charge in [-0.2, -0.15) is 0 Å². The van der Waals surface area contributed by atoms with Gasteiger partial charge in [0.05, 0.1) is 12.6 Å². The minimum absolute atomic E-state index is 0.398. The molecule has 5 heteroatoms. The largest absolute Gasteiger partial charge is 0.310 e. The van der Waals surface area contributed by atoms with E-state index in [9.17, 15) is 0 Å². The standard InChI is InChI=1S/C13H27N5/c1-4-6-7-8-9-12(3)18-13(15-16-17-18)11-14-10-5-2/h12,14H,4-11H2,1-3H3. The average molecular weight is 253 g/mol. The minimum Gasteiger partial charge on any atom is -0.310 e. The first kappa shape index (κ1) is 15.1. The number of aromatic nitrogens is 4. The van der Waals surface area contributed by atoms with Crippen LogP contribution in [0.3, 0.4) is 0 Å². The van der Waals surface area contributed by atoms with E-state index in [1.165, 1.54) is 25.7 Å². The summed E-state index contributed by atoms with van der Waals surface area (Å²) in [6.45, 7) is 8.37. The van der Waals surface area contributed by atoms with Gasteiger partial charge in [-0.15, -0.1) is 5.10 Å². The zero-order valence-electron chi connectivity index (χ0n) is 12.0. The molecule has 0 fully saturated rings. The van der Waals surface area contributed by atoms with Gasteiger partial charge in [-0.25, -0.2) is 4.68 Å². The quantitative estimate of drug-likeness (QED) is 0.651. The first-order valence-electron chi connectivity index (χ1n) is 7.27.